The topological polar surface area (TPSA) is 46.2 Å². The van der Waals surface area contributed by atoms with Gasteiger partial charge in [-0.1, -0.05) is 18.2 Å². The molecule has 1 amide bonds. The van der Waals surface area contributed by atoms with Gasteiger partial charge in [0.25, 0.3) is 5.91 Å². The summed E-state index contributed by atoms with van der Waals surface area (Å²) < 4.78 is 0. The lowest BCUT2D eigenvalue weighted by Crippen LogP contribution is -2.31. The average Bonchev–Trinajstić information content (AvgIpc) is 2.16. The Labute approximate surface area is 89.5 Å². The van der Waals surface area contributed by atoms with E-state index in [2.05, 4.69) is 5.32 Å². The molecule has 0 aliphatic rings. The smallest absolute Gasteiger partial charge is 0.252 e. The molecule has 80 valence electrons. The molecule has 0 spiro atoms. The molecule has 0 heterocycles. The van der Waals surface area contributed by atoms with Gasteiger partial charge in [-0.05, 0) is 26.8 Å². The van der Waals surface area contributed by atoms with E-state index in [1.54, 1.807) is 24.3 Å². The minimum atomic E-state index is -0.198. The standard InChI is InChI=1S/C12H15NO2/c1-8(2)13-12(15)11-7-5-4-6-10(11)9(3)14/h4-8H,1-3H3,(H,13,15). The minimum Gasteiger partial charge on any atom is -0.350 e. The summed E-state index contributed by atoms with van der Waals surface area (Å²) >= 11 is 0. The molecule has 1 aromatic rings. The maximum atomic E-state index is 11.7. The molecule has 3 nitrogen and oxygen atoms in total. The Kier molecular flexibility index (Phi) is 3.61. The average molecular weight is 205 g/mol. The number of hydrogen-bond acceptors (Lipinski definition) is 2. The van der Waals surface area contributed by atoms with Crippen molar-refractivity contribution in [3.05, 3.63) is 35.4 Å². The van der Waals surface area contributed by atoms with Crippen LogP contribution in [0.3, 0.4) is 0 Å². The van der Waals surface area contributed by atoms with E-state index >= 15 is 0 Å². The number of carbonyl (C=O) groups is 2. The van der Waals surface area contributed by atoms with Crippen molar-refractivity contribution < 1.29 is 9.59 Å². The number of nitrogens with one attached hydrogen (secondary N) is 1. The first-order valence-corrected chi connectivity index (χ1v) is 4.93. The Morgan fingerprint density at radius 3 is 2.13 bits per heavy atom. The molecule has 0 bridgehead atoms. The van der Waals surface area contributed by atoms with Gasteiger partial charge in [-0.2, -0.15) is 0 Å². The Morgan fingerprint density at radius 2 is 1.67 bits per heavy atom. The highest BCUT2D eigenvalue weighted by Crippen LogP contribution is 2.09. The number of carbonyl (C=O) groups excluding carboxylic acids is 2. The van der Waals surface area contributed by atoms with Gasteiger partial charge < -0.3 is 5.32 Å². The maximum absolute atomic E-state index is 11.7. The van der Waals surface area contributed by atoms with Crippen LogP contribution in [-0.4, -0.2) is 17.7 Å². The van der Waals surface area contributed by atoms with E-state index in [4.69, 9.17) is 0 Å². The van der Waals surface area contributed by atoms with Crippen LogP contribution in [0, 0.1) is 0 Å². The molecule has 0 saturated heterocycles. The van der Waals surface area contributed by atoms with Crippen molar-refractivity contribution in [2.75, 3.05) is 0 Å². The molecule has 1 rings (SSSR count). The molecule has 0 aliphatic heterocycles. The van der Waals surface area contributed by atoms with Gasteiger partial charge >= 0.3 is 0 Å². The van der Waals surface area contributed by atoms with Crippen LogP contribution < -0.4 is 5.32 Å². The number of ketones is 1. The molecule has 0 saturated carbocycles. The fourth-order valence-corrected chi connectivity index (χ4v) is 1.33. The molecular formula is C12H15NO2. The number of rotatable bonds is 3. The number of Topliss-reactive ketones (excluding diaryl/α,β-unsaturated/α-hetero) is 1. The van der Waals surface area contributed by atoms with Gasteiger partial charge in [0.2, 0.25) is 0 Å². The Hall–Kier alpha value is -1.64. The summed E-state index contributed by atoms with van der Waals surface area (Å²) in [6, 6.07) is 6.90. The normalized spacial score (nSPS) is 10.1. The Bertz CT molecular complexity index is 383. The molecule has 15 heavy (non-hydrogen) atoms. The summed E-state index contributed by atoms with van der Waals surface area (Å²) in [7, 11) is 0. The minimum absolute atomic E-state index is 0.0671. The van der Waals surface area contributed by atoms with Crippen LogP contribution in [0.25, 0.3) is 0 Å². The number of amides is 1. The largest absolute Gasteiger partial charge is 0.350 e. The predicted octanol–water partition coefficient (Wildman–Crippen LogP) is 2.03. The van der Waals surface area contributed by atoms with Crippen LogP contribution >= 0.6 is 0 Å². The molecule has 3 heteroatoms. The monoisotopic (exact) mass is 205 g/mol. The van der Waals surface area contributed by atoms with Crippen LogP contribution in [0.5, 0.6) is 0 Å². The molecular weight excluding hydrogens is 190 g/mol. The van der Waals surface area contributed by atoms with E-state index in [9.17, 15) is 9.59 Å². The van der Waals surface area contributed by atoms with Gasteiger partial charge in [-0.25, -0.2) is 0 Å². The van der Waals surface area contributed by atoms with Crippen molar-refractivity contribution in [3.63, 3.8) is 0 Å². The predicted molar refractivity (Wildman–Crippen MR) is 59.0 cm³/mol. The van der Waals surface area contributed by atoms with Gasteiger partial charge in [-0.15, -0.1) is 0 Å². The highest BCUT2D eigenvalue weighted by Gasteiger charge is 2.13. The van der Waals surface area contributed by atoms with Crippen molar-refractivity contribution in [1.29, 1.82) is 0 Å². The van der Waals surface area contributed by atoms with Crippen molar-refractivity contribution in [2.45, 2.75) is 26.8 Å². The lowest BCUT2D eigenvalue weighted by Gasteiger charge is -2.10. The van der Waals surface area contributed by atoms with Crippen molar-refractivity contribution in [2.24, 2.45) is 0 Å². The fraction of sp³-hybridized carbons (Fsp3) is 0.333. The van der Waals surface area contributed by atoms with Gasteiger partial charge in [0.05, 0.1) is 5.56 Å². The van der Waals surface area contributed by atoms with E-state index in [0.29, 0.717) is 11.1 Å². The highest BCUT2D eigenvalue weighted by molar-refractivity contribution is 6.07. The zero-order chi connectivity index (χ0) is 11.4. The van der Waals surface area contributed by atoms with E-state index < -0.39 is 0 Å². The van der Waals surface area contributed by atoms with Gasteiger partial charge in [0.1, 0.15) is 0 Å². The number of hydrogen-bond donors (Lipinski definition) is 1. The van der Waals surface area contributed by atoms with Crippen LogP contribution in [-0.2, 0) is 0 Å². The Morgan fingerprint density at radius 1 is 1.13 bits per heavy atom. The van der Waals surface area contributed by atoms with Crippen LogP contribution in [0.15, 0.2) is 24.3 Å². The Balaban J connectivity index is 3.03. The first-order chi connectivity index (χ1) is 7.02. The van der Waals surface area contributed by atoms with Gasteiger partial charge in [-0.3, -0.25) is 9.59 Å². The van der Waals surface area contributed by atoms with E-state index in [-0.39, 0.29) is 17.7 Å². The van der Waals surface area contributed by atoms with Gasteiger partial charge in [0, 0.05) is 11.6 Å². The third kappa shape index (κ3) is 2.91. The summed E-state index contributed by atoms with van der Waals surface area (Å²) in [6.07, 6.45) is 0. The first-order valence-electron chi connectivity index (χ1n) is 4.93. The summed E-state index contributed by atoms with van der Waals surface area (Å²) in [5, 5.41) is 2.76. The van der Waals surface area contributed by atoms with Crippen molar-refractivity contribution in [1.82, 2.24) is 5.32 Å². The molecule has 0 aromatic heterocycles. The van der Waals surface area contributed by atoms with Crippen LogP contribution in [0.2, 0.25) is 0 Å². The fourth-order valence-electron chi connectivity index (χ4n) is 1.33. The second kappa shape index (κ2) is 4.73. The van der Waals surface area contributed by atoms with E-state index in [1.165, 1.54) is 6.92 Å². The maximum Gasteiger partial charge on any atom is 0.252 e. The molecule has 1 N–H and O–H groups in total. The third-order valence-electron chi connectivity index (χ3n) is 1.97. The summed E-state index contributed by atoms with van der Waals surface area (Å²) in [6.45, 7) is 5.23. The van der Waals surface area contributed by atoms with Gasteiger partial charge in [0.15, 0.2) is 5.78 Å². The molecule has 0 aliphatic carbocycles. The van der Waals surface area contributed by atoms with E-state index in [0.717, 1.165) is 0 Å². The molecule has 0 unspecified atom stereocenters. The van der Waals surface area contributed by atoms with Crippen molar-refractivity contribution in [3.8, 4) is 0 Å². The first kappa shape index (κ1) is 11.4. The summed E-state index contributed by atoms with van der Waals surface area (Å²) in [4.78, 5) is 23.0. The third-order valence-corrected chi connectivity index (χ3v) is 1.97. The van der Waals surface area contributed by atoms with E-state index in [1.807, 2.05) is 13.8 Å². The number of benzene rings is 1. The summed E-state index contributed by atoms with van der Waals surface area (Å²) in [5.41, 5.74) is 0.911. The molecule has 1 aromatic carbocycles. The second-order valence-corrected chi connectivity index (χ2v) is 3.73. The lowest BCUT2D eigenvalue weighted by molar-refractivity contribution is 0.0929. The zero-order valence-corrected chi connectivity index (χ0v) is 9.20. The molecule has 0 fully saturated rings. The summed E-state index contributed by atoms with van der Waals surface area (Å²) in [5.74, 6) is -0.291. The zero-order valence-electron chi connectivity index (χ0n) is 9.20. The molecule has 0 radical (unpaired) electrons. The second-order valence-electron chi connectivity index (χ2n) is 3.73. The molecule has 0 atom stereocenters. The van der Waals surface area contributed by atoms with Crippen molar-refractivity contribution >= 4 is 11.7 Å². The quantitative estimate of drug-likeness (QED) is 0.767. The lowest BCUT2D eigenvalue weighted by atomic mass is 10.0. The SMILES string of the molecule is CC(=O)c1ccccc1C(=O)NC(C)C. The van der Waals surface area contributed by atoms with Crippen LogP contribution in [0.4, 0.5) is 0 Å². The highest BCUT2D eigenvalue weighted by atomic mass is 16.2. The van der Waals surface area contributed by atoms with Crippen LogP contribution in [0.1, 0.15) is 41.5 Å².